The number of rotatable bonds is 1. The molecule has 1 heterocycles. The van der Waals surface area contributed by atoms with Crippen LogP contribution in [0.5, 0.6) is 0 Å². The zero-order chi connectivity index (χ0) is 5.82. The summed E-state index contributed by atoms with van der Waals surface area (Å²) in [5.74, 6) is 1.34. The third kappa shape index (κ3) is 1.88. The van der Waals surface area contributed by atoms with E-state index in [0.29, 0.717) is 5.37 Å². The van der Waals surface area contributed by atoms with Gasteiger partial charge in [-0.25, -0.2) is 0 Å². The van der Waals surface area contributed by atoms with Crippen molar-refractivity contribution in [3.8, 4) is 0 Å². The highest BCUT2D eigenvalue weighted by Crippen LogP contribution is 2.33. The molecule has 0 aliphatic carbocycles. The summed E-state index contributed by atoms with van der Waals surface area (Å²) >= 11 is 0. The minimum atomic E-state index is 0.716. The molecular weight excluding hydrogens is 138 g/mol. The first-order valence-electron chi connectivity index (χ1n) is 2.89. The molecule has 1 rings (SSSR count). The van der Waals surface area contributed by atoms with Crippen molar-refractivity contribution in [2.45, 2.75) is 18.2 Å². The molecule has 0 amide bonds. The van der Waals surface area contributed by atoms with Gasteiger partial charge in [0.2, 0.25) is 0 Å². The number of hydrogen-bond acceptors (Lipinski definition) is 3. The SMILES string of the molecule is CNC1CCCSS1. The van der Waals surface area contributed by atoms with Gasteiger partial charge in [0, 0.05) is 5.75 Å². The van der Waals surface area contributed by atoms with Crippen molar-refractivity contribution in [2.75, 3.05) is 12.8 Å². The van der Waals surface area contributed by atoms with E-state index in [4.69, 9.17) is 0 Å². The summed E-state index contributed by atoms with van der Waals surface area (Å²) in [6.45, 7) is 0. The van der Waals surface area contributed by atoms with Crippen LogP contribution in [0.3, 0.4) is 0 Å². The Morgan fingerprint density at radius 2 is 2.50 bits per heavy atom. The van der Waals surface area contributed by atoms with E-state index >= 15 is 0 Å². The lowest BCUT2D eigenvalue weighted by Gasteiger charge is -2.18. The van der Waals surface area contributed by atoms with Gasteiger partial charge < -0.3 is 5.32 Å². The third-order valence-corrected chi connectivity index (χ3v) is 4.10. The Labute approximate surface area is 58.4 Å². The monoisotopic (exact) mass is 149 g/mol. The molecule has 0 aromatic rings. The molecule has 3 heteroatoms. The average molecular weight is 149 g/mol. The van der Waals surface area contributed by atoms with Crippen LogP contribution in [0.1, 0.15) is 12.8 Å². The fourth-order valence-corrected chi connectivity index (χ4v) is 3.31. The van der Waals surface area contributed by atoms with Gasteiger partial charge in [0.15, 0.2) is 0 Å². The highest BCUT2D eigenvalue weighted by Gasteiger charge is 2.10. The van der Waals surface area contributed by atoms with Crippen LogP contribution < -0.4 is 5.32 Å². The molecule has 1 aliphatic heterocycles. The van der Waals surface area contributed by atoms with E-state index in [0.717, 1.165) is 0 Å². The lowest BCUT2D eigenvalue weighted by atomic mass is 10.3. The van der Waals surface area contributed by atoms with Gasteiger partial charge in [-0.1, -0.05) is 21.6 Å². The van der Waals surface area contributed by atoms with Crippen molar-refractivity contribution >= 4 is 21.6 Å². The number of nitrogens with one attached hydrogen (secondary N) is 1. The Bertz CT molecular complexity index is 61.4. The van der Waals surface area contributed by atoms with Crippen LogP contribution in [0.15, 0.2) is 0 Å². The lowest BCUT2D eigenvalue weighted by Crippen LogP contribution is -2.22. The molecule has 0 spiro atoms. The summed E-state index contributed by atoms with van der Waals surface area (Å²) in [5.41, 5.74) is 0. The molecule has 0 aromatic carbocycles. The first kappa shape index (κ1) is 6.78. The van der Waals surface area contributed by atoms with Crippen LogP contribution >= 0.6 is 21.6 Å². The second kappa shape index (κ2) is 3.64. The number of hydrogen-bond donors (Lipinski definition) is 1. The molecule has 0 aromatic heterocycles. The summed E-state index contributed by atoms with van der Waals surface area (Å²) in [4.78, 5) is 0. The zero-order valence-corrected chi connectivity index (χ0v) is 6.65. The molecule has 0 bridgehead atoms. The molecule has 1 fully saturated rings. The fourth-order valence-electron chi connectivity index (χ4n) is 0.698. The minimum Gasteiger partial charge on any atom is -0.308 e. The summed E-state index contributed by atoms with van der Waals surface area (Å²) in [5, 5.41) is 3.96. The highest BCUT2D eigenvalue weighted by molar-refractivity contribution is 8.77. The van der Waals surface area contributed by atoms with Gasteiger partial charge >= 0.3 is 0 Å². The Kier molecular flexibility index (Phi) is 3.08. The fraction of sp³-hybridized carbons (Fsp3) is 1.00. The average Bonchev–Trinajstić information content (AvgIpc) is 1.90. The zero-order valence-electron chi connectivity index (χ0n) is 5.02. The third-order valence-electron chi connectivity index (χ3n) is 1.20. The normalized spacial score (nSPS) is 30.4. The highest BCUT2D eigenvalue weighted by atomic mass is 33.1. The van der Waals surface area contributed by atoms with Crippen molar-refractivity contribution in [3.63, 3.8) is 0 Å². The van der Waals surface area contributed by atoms with E-state index in [9.17, 15) is 0 Å². The largest absolute Gasteiger partial charge is 0.308 e. The van der Waals surface area contributed by atoms with E-state index < -0.39 is 0 Å². The van der Waals surface area contributed by atoms with Crippen molar-refractivity contribution < 1.29 is 0 Å². The molecule has 1 N–H and O–H groups in total. The first-order valence-corrected chi connectivity index (χ1v) is 5.27. The van der Waals surface area contributed by atoms with Gasteiger partial charge in [-0.3, -0.25) is 0 Å². The van der Waals surface area contributed by atoms with E-state index in [1.54, 1.807) is 0 Å². The molecule has 1 aliphatic rings. The van der Waals surface area contributed by atoms with Gasteiger partial charge in [0.1, 0.15) is 0 Å². The van der Waals surface area contributed by atoms with Crippen LogP contribution in [-0.2, 0) is 0 Å². The van der Waals surface area contributed by atoms with Crippen LogP contribution in [0.4, 0.5) is 0 Å². The van der Waals surface area contributed by atoms with Crippen molar-refractivity contribution in [1.82, 2.24) is 5.32 Å². The van der Waals surface area contributed by atoms with Gasteiger partial charge in [-0.15, -0.1) is 0 Å². The second-order valence-corrected chi connectivity index (χ2v) is 4.53. The van der Waals surface area contributed by atoms with Crippen LogP contribution in [-0.4, -0.2) is 18.2 Å². The molecule has 1 atom stereocenters. The van der Waals surface area contributed by atoms with E-state index in [1.165, 1.54) is 18.6 Å². The van der Waals surface area contributed by atoms with Crippen LogP contribution in [0, 0.1) is 0 Å². The summed E-state index contributed by atoms with van der Waals surface area (Å²) in [6, 6.07) is 0. The standard InChI is InChI=1S/C5H11NS2/c1-6-5-3-2-4-7-8-5/h5-6H,2-4H2,1H3. The second-order valence-electron chi connectivity index (χ2n) is 1.84. The Morgan fingerprint density at radius 1 is 1.62 bits per heavy atom. The molecule has 8 heavy (non-hydrogen) atoms. The topological polar surface area (TPSA) is 12.0 Å². The van der Waals surface area contributed by atoms with Crippen molar-refractivity contribution in [3.05, 3.63) is 0 Å². The maximum Gasteiger partial charge on any atom is 0.0634 e. The molecule has 1 saturated heterocycles. The van der Waals surface area contributed by atoms with E-state index in [1.807, 2.05) is 28.6 Å². The molecule has 48 valence electrons. The van der Waals surface area contributed by atoms with Crippen LogP contribution in [0.2, 0.25) is 0 Å². The predicted molar refractivity (Wildman–Crippen MR) is 42.1 cm³/mol. The van der Waals surface area contributed by atoms with Gasteiger partial charge in [-0.05, 0) is 19.9 Å². The minimum absolute atomic E-state index is 0.716. The molecule has 1 nitrogen and oxygen atoms in total. The summed E-state index contributed by atoms with van der Waals surface area (Å²) in [6.07, 6.45) is 2.72. The van der Waals surface area contributed by atoms with Crippen LogP contribution in [0.25, 0.3) is 0 Å². The Balaban J connectivity index is 2.13. The maximum absolute atomic E-state index is 3.25. The lowest BCUT2D eigenvalue weighted by molar-refractivity contribution is 0.668. The predicted octanol–water partition coefficient (Wildman–Crippen LogP) is 1.71. The Morgan fingerprint density at radius 3 is 2.88 bits per heavy atom. The van der Waals surface area contributed by atoms with Crippen molar-refractivity contribution in [2.24, 2.45) is 0 Å². The van der Waals surface area contributed by atoms with Gasteiger partial charge in [0.25, 0.3) is 0 Å². The van der Waals surface area contributed by atoms with Gasteiger partial charge in [-0.2, -0.15) is 0 Å². The Hall–Kier alpha value is 0.660. The summed E-state index contributed by atoms with van der Waals surface area (Å²) < 4.78 is 0. The molecule has 0 radical (unpaired) electrons. The van der Waals surface area contributed by atoms with E-state index in [2.05, 4.69) is 5.32 Å². The summed E-state index contributed by atoms with van der Waals surface area (Å²) in [7, 11) is 5.98. The maximum atomic E-state index is 3.25. The molecule has 0 saturated carbocycles. The molecular formula is C5H11NS2. The smallest absolute Gasteiger partial charge is 0.0634 e. The quantitative estimate of drug-likeness (QED) is 0.570. The first-order chi connectivity index (χ1) is 3.93. The van der Waals surface area contributed by atoms with Crippen molar-refractivity contribution in [1.29, 1.82) is 0 Å². The van der Waals surface area contributed by atoms with Gasteiger partial charge in [0.05, 0.1) is 5.37 Å². The molecule has 1 unspecified atom stereocenters. The van der Waals surface area contributed by atoms with E-state index in [-0.39, 0.29) is 0 Å².